The summed E-state index contributed by atoms with van der Waals surface area (Å²) in [6, 6.07) is 6.97. The SMILES string of the molecule is CC(CNCC(=O)Nc1cccc(Cl)c1)S(C)=O. The lowest BCUT2D eigenvalue weighted by atomic mass is 10.3. The Hall–Kier alpha value is -0.910. The lowest BCUT2D eigenvalue weighted by Gasteiger charge is -2.10. The number of benzene rings is 1. The molecule has 0 fully saturated rings. The van der Waals surface area contributed by atoms with Crippen LogP contribution < -0.4 is 10.6 Å². The molecule has 100 valence electrons. The third kappa shape index (κ3) is 5.62. The largest absolute Gasteiger partial charge is 0.325 e. The van der Waals surface area contributed by atoms with E-state index in [2.05, 4.69) is 10.6 Å². The Morgan fingerprint density at radius 1 is 1.50 bits per heavy atom. The molecular formula is C12H17ClN2O2S. The Bertz CT molecular complexity index is 440. The number of hydrogen-bond donors (Lipinski definition) is 2. The number of halogens is 1. The van der Waals surface area contributed by atoms with E-state index < -0.39 is 10.8 Å². The molecule has 2 N–H and O–H groups in total. The van der Waals surface area contributed by atoms with Crippen LogP contribution in [-0.2, 0) is 15.6 Å². The zero-order valence-corrected chi connectivity index (χ0v) is 12.0. The molecule has 1 rings (SSSR count). The molecule has 0 heterocycles. The Labute approximate surface area is 115 Å². The van der Waals surface area contributed by atoms with E-state index in [1.807, 2.05) is 6.92 Å². The molecular weight excluding hydrogens is 272 g/mol. The molecule has 2 atom stereocenters. The minimum atomic E-state index is -0.878. The average Bonchev–Trinajstić information content (AvgIpc) is 2.28. The number of amides is 1. The van der Waals surface area contributed by atoms with Crippen molar-refractivity contribution in [1.29, 1.82) is 0 Å². The maximum absolute atomic E-state index is 11.6. The summed E-state index contributed by atoms with van der Waals surface area (Å²) in [6.07, 6.45) is 1.65. The normalized spacial score (nSPS) is 13.9. The zero-order chi connectivity index (χ0) is 13.5. The quantitative estimate of drug-likeness (QED) is 0.837. The minimum Gasteiger partial charge on any atom is -0.325 e. The van der Waals surface area contributed by atoms with Crippen molar-refractivity contribution in [2.24, 2.45) is 0 Å². The smallest absolute Gasteiger partial charge is 0.238 e. The molecule has 6 heteroatoms. The van der Waals surface area contributed by atoms with Gasteiger partial charge in [0.25, 0.3) is 0 Å². The second-order valence-corrected chi connectivity index (χ2v) is 6.24. The van der Waals surface area contributed by atoms with Gasteiger partial charge in [-0.3, -0.25) is 9.00 Å². The molecule has 18 heavy (non-hydrogen) atoms. The van der Waals surface area contributed by atoms with Crippen molar-refractivity contribution in [3.05, 3.63) is 29.3 Å². The Balaban J connectivity index is 2.32. The van der Waals surface area contributed by atoms with Crippen LogP contribution in [0.4, 0.5) is 5.69 Å². The van der Waals surface area contributed by atoms with Gasteiger partial charge in [0.05, 0.1) is 6.54 Å². The van der Waals surface area contributed by atoms with E-state index in [-0.39, 0.29) is 17.7 Å². The summed E-state index contributed by atoms with van der Waals surface area (Å²) >= 11 is 5.81. The summed E-state index contributed by atoms with van der Waals surface area (Å²) in [7, 11) is -0.878. The van der Waals surface area contributed by atoms with E-state index in [0.717, 1.165) is 0 Å². The topological polar surface area (TPSA) is 58.2 Å². The predicted molar refractivity (Wildman–Crippen MR) is 76.5 cm³/mol. The second kappa shape index (κ2) is 7.51. The van der Waals surface area contributed by atoms with Crippen LogP contribution in [0.2, 0.25) is 5.02 Å². The summed E-state index contributed by atoms with van der Waals surface area (Å²) in [6.45, 7) is 2.61. The molecule has 0 bridgehead atoms. The summed E-state index contributed by atoms with van der Waals surface area (Å²) in [5, 5.41) is 6.30. The number of hydrogen-bond acceptors (Lipinski definition) is 3. The van der Waals surface area contributed by atoms with Crippen molar-refractivity contribution in [2.45, 2.75) is 12.2 Å². The Morgan fingerprint density at radius 3 is 2.83 bits per heavy atom. The van der Waals surface area contributed by atoms with Crippen LogP contribution in [0.25, 0.3) is 0 Å². The van der Waals surface area contributed by atoms with Gasteiger partial charge in [-0.15, -0.1) is 0 Å². The molecule has 2 unspecified atom stereocenters. The van der Waals surface area contributed by atoms with E-state index >= 15 is 0 Å². The molecule has 0 spiro atoms. The highest BCUT2D eigenvalue weighted by molar-refractivity contribution is 7.84. The lowest BCUT2D eigenvalue weighted by Crippen LogP contribution is -2.34. The van der Waals surface area contributed by atoms with Crippen LogP contribution in [0.1, 0.15) is 6.92 Å². The standard InChI is InChI=1S/C12H17ClN2O2S/c1-9(18(2)17)7-14-8-12(16)15-11-5-3-4-10(13)6-11/h3-6,9,14H,7-8H2,1-2H3,(H,15,16). The third-order valence-electron chi connectivity index (χ3n) is 2.39. The monoisotopic (exact) mass is 288 g/mol. The zero-order valence-electron chi connectivity index (χ0n) is 10.4. The fourth-order valence-electron chi connectivity index (χ4n) is 1.28. The molecule has 1 aromatic rings. The first-order valence-corrected chi connectivity index (χ1v) is 7.57. The number of rotatable bonds is 6. The van der Waals surface area contributed by atoms with Crippen molar-refractivity contribution >= 4 is 34.0 Å². The van der Waals surface area contributed by atoms with E-state index in [4.69, 9.17) is 11.6 Å². The molecule has 0 aliphatic rings. The minimum absolute atomic E-state index is 0.0315. The Morgan fingerprint density at radius 2 is 2.22 bits per heavy atom. The van der Waals surface area contributed by atoms with Gasteiger partial charge in [0.1, 0.15) is 0 Å². The van der Waals surface area contributed by atoms with Crippen LogP contribution in [0.15, 0.2) is 24.3 Å². The Kier molecular flexibility index (Phi) is 6.32. The highest BCUT2D eigenvalue weighted by atomic mass is 35.5. The van der Waals surface area contributed by atoms with Crippen LogP contribution in [0.3, 0.4) is 0 Å². The molecule has 0 aromatic heterocycles. The average molecular weight is 289 g/mol. The van der Waals surface area contributed by atoms with Crippen molar-refractivity contribution in [3.8, 4) is 0 Å². The van der Waals surface area contributed by atoms with Gasteiger partial charge in [-0.25, -0.2) is 0 Å². The van der Waals surface area contributed by atoms with E-state index in [0.29, 0.717) is 17.3 Å². The number of anilines is 1. The van der Waals surface area contributed by atoms with Crippen molar-refractivity contribution < 1.29 is 9.00 Å². The fraction of sp³-hybridized carbons (Fsp3) is 0.417. The van der Waals surface area contributed by atoms with Gasteiger partial charge < -0.3 is 10.6 Å². The lowest BCUT2D eigenvalue weighted by molar-refractivity contribution is -0.115. The molecule has 4 nitrogen and oxygen atoms in total. The van der Waals surface area contributed by atoms with Gasteiger partial charge in [-0.1, -0.05) is 17.7 Å². The molecule has 0 saturated carbocycles. The predicted octanol–water partition coefficient (Wildman–Crippen LogP) is 1.64. The number of nitrogens with one attached hydrogen (secondary N) is 2. The maximum atomic E-state index is 11.6. The molecule has 0 aliphatic carbocycles. The number of carbonyl (C=O) groups excluding carboxylic acids is 1. The van der Waals surface area contributed by atoms with Crippen LogP contribution >= 0.6 is 11.6 Å². The second-order valence-electron chi connectivity index (χ2n) is 4.00. The number of carbonyl (C=O) groups is 1. The van der Waals surface area contributed by atoms with Crippen molar-refractivity contribution in [1.82, 2.24) is 5.32 Å². The molecule has 0 saturated heterocycles. The summed E-state index contributed by atoms with van der Waals surface area (Å²) in [5.74, 6) is -0.147. The van der Waals surface area contributed by atoms with Gasteiger partial charge in [0.15, 0.2) is 0 Å². The summed E-state index contributed by atoms with van der Waals surface area (Å²) in [5.41, 5.74) is 0.668. The van der Waals surface area contributed by atoms with Crippen molar-refractivity contribution in [3.63, 3.8) is 0 Å². The van der Waals surface area contributed by atoms with E-state index in [1.54, 1.807) is 30.5 Å². The van der Waals surface area contributed by atoms with Gasteiger partial charge >= 0.3 is 0 Å². The van der Waals surface area contributed by atoms with Gasteiger partial charge in [0.2, 0.25) is 5.91 Å². The van der Waals surface area contributed by atoms with Crippen molar-refractivity contribution in [2.75, 3.05) is 24.7 Å². The highest BCUT2D eigenvalue weighted by Gasteiger charge is 2.07. The first-order chi connectivity index (χ1) is 8.49. The first kappa shape index (κ1) is 15.1. The molecule has 1 aromatic carbocycles. The van der Waals surface area contributed by atoms with Crippen LogP contribution in [-0.4, -0.2) is 34.7 Å². The maximum Gasteiger partial charge on any atom is 0.238 e. The summed E-state index contributed by atoms with van der Waals surface area (Å²) < 4.78 is 11.1. The van der Waals surface area contributed by atoms with Gasteiger partial charge in [0, 0.05) is 39.6 Å². The van der Waals surface area contributed by atoms with Crippen LogP contribution in [0, 0.1) is 0 Å². The third-order valence-corrected chi connectivity index (χ3v) is 3.93. The van der Waals surface area contributed by atoms with Crippen LogP contribution in [0.5, 0.6) is 0 Å². The molecule has 0 radical (unpaired) electrons. The van der Waals surface area contributed by atoms with Gasteiger partial charge in [-0.05, 0) is 25.1 Å². The van der Waals surface area contributed by atoms with Gasteiger partial charge in [-0.2, -0.15) is 0 Å². The highest BCUT2D eigenvalue weighted by Crippen LogP contribution is 2.14. The van der Waals surface area contributed by atoms with E-state index in [9.17, 15) is 9.00 Å². The molecule has 1 amide bonds. The first-order valence-electron chi connectivity index (χ1n) is 5.57. The fourth-order valence-corrected chi connectivity index (χ4v) is 1.82. The van der Waals surface area contributed by atoms with E-state index in [1.165, 1.54) is 0 Å². The summed E-state index contributed by atoms with van der Waals surface area (Å²) in [4.78, 5) is 11.6. The molecule has 0 aliphatic heterocycles.